The molecule has 1 heterocycles. The Bertz CT molecular complexity index is 570. The van der Waals surface area contributed by atoms with Gasteiger partial charge in [0.15, 0.2) is 0 Å². The molecule has 0 bridgehead atoms. The van der Waals surface area contributed by atoms with Crippen molar-refractivity contribution in [3.8, 4) is 0 Å². The minimum atomic E-state index is -0.494. The minimum absolute atomic E-state index is 0.00136. The molecule has 98 valence electrons. The van der Waals surface area contributed by atoms with Crippen LogP contribution in [0, 0.1) is 5.82 Å². The van der Waals surface area contributed by atoms with Crippen LogP contribution in [0.4, 0.5) is 10.3 Å². The van der Waals surface area contributed by atoms with E-state index in [1.54, 1.807) is 4.57 Å². The molecule has 0 radical (unpaired) electrons. The molecule has 1 atom stereocenters. The molecular weight excluding hydrogens is 257 g/mol. The highest BCUT2D eigenvalue weighted by Crippen LogP contribution is 2.25. The van der Waals surface area contributed by atoms with Gasteiger partial charge < -0.3 is 15.0 Å². The molecule has 0 amide bonds. The van der Waals surface area contributed by atoms with Gasteiger partial charge in [-0.25, -0.2) is 9.37 Å². The van der Waals surface area contributed by atoms with E-state index in [1.807, 2.05) is 13.8 Å². The minimum Gasteiger partial charge on any atom is -0.377 e. The third kappa shape index (κ3) is 2.42. The van der Waals surface area contributed by atoms with Gasteiger partial charge in [0, 0.05) is 12.7 Å². The second-order valence-electron chi connectivity index (χ2n) is 4.10. The summed E-state index contributed by atoms with van der Waals surface area (Å²) in [5.41, 5.74) is 7.04. The monoisotopic (exact) mass is 271 g/mol. The molecule has 0 aliphatic rings. The zero-order valence-electron chi connectivity index (χ0n) is 10.3. The highest BCUT2D eigenvalue weighted by Gasteiger charge is 2.13. The van der Waals surface area contributed by atoms with Gasteiger partial charge in [-0.15, -0.1) is 0 Å². The number of benzene rings is 1. The fraction of sp³-hybridized carbons (Fsp3) is 0.417. The lowest BCUT2D eigenvalue weighted by Crippen LogP contribution is -2.17. The number of nitrogens with zero attached hydrogens (tertiary/aromatic N) is 2. The largest absolute Gasteiger partial charge is 0.377 e. The second kappa shape index (κ2) is 5.12. The van der Waals surface area contributed by atoms with E-state index in [-0.39, 0.29) is 11.1 Å². The van der Waals surface area contributed by atoms with Crippen LogP contribution in [0.2, 0.25) is 5.02 Å². The lowest BCUT2D eigenvalue weighted by atomic mass is 10.3. The van der Waals surface area contributed by atoms with Crippen molar-refractivity contribution in [2.75, 3.05) is 12.3 Å². The van der Waals surface area contributed by atoms with Crippen LogP contribution in [0.25, 0.3) is 11.0 Å². The summed E-state index contributed by atoms with van der Waals surface area (Å²) in [6.07, 6.45) is -0.00136. The van der Waals surface area contributed by atoms with Crippen molar-refractivity contribution in [1.82, 2.24) is 9.55 Å². The lowest BCUT2D eigenvalue weighted by molar-refractivity contribution is 0.0652. The van der Waals surface area contributed by atoms with Gasteiger partial charge >= 0.3 is 0 Å². The van der Waals surface area contributed by atoms with E-state index in [0.717, 1.165) is 0 Å². The smallest absolute Gasteiger partial charge is 0.201 e. The Morgan fingerprint density at radius 2 is 2.28 bits per heavy atom. The second-order valence-corrected chi connectivity index (χ2v) is 4.51. The maximum absolute atomic E-state index is 13.3. The molecule has 4 nitrogen and oxygen atoms in total. The molecule has 0 spiro atoms. The fourth-order valence-corrected chi connectivity index (χ4v) is 2.08. The zero-order valence-corrected chi connectivity index (χ0v) is 11.0. The van der Waals surface area contributed by atoms with Crippen molar-refractivity contribution in [3.63, 3.8) is 0 Å². The number of halogens is 2. The molecule has 1 unspecified atom stereocenters. The number of fused-ring (bicyclic) bond motifs is 1. The topological polar surface area (TPSA) is 53.1 Å². The maximum Gasteiger partial charge on any atom is 0.201 e. The molecule has 0 aliphatic heterocycles. The predicted octanol–water partition coefficient (Wildman–Crippen LogP) is 2.84. The summed E-state index contributed by atoms with van der Waals surface area (Å²) in [6.45, 7) is 5.05. The standard InChI is InChI=1S/C12H15ClFN3O/c1-3-18-7(2)6-17-11-4-8(13)9(14)5-10(11)16-12(17)15/h4-5,7H,3,6H2,1-2H3,(H2,15,16). The molecule has 0 aliphatic carbocycles. The number of anilines is 1. The maximum atomic E-state index is 13.3. The first-order valence-corrected chi connectivity index (χ1v) is 6.13. The molecule has 18 heavy (non-hydrogen) atoms. The SMILES string of the molecule is CCOC(C)Cn1c(N)nc2cc(F)c(Cl)cc21. The Morgan fingerprint density at radius 1 is 1.56 bits per heavy atom. The number of nitrogen functional groups attached to an aromatic ring is 1. The molecular formula is C12H15ClFN3O. The quantitative estimate of drug-likeness (QED) is 0.930. The summed E-state index contributed by atoms with van der Waals surface area (Å²) in [6, 6.07) is 2.82. The highest BCUT2D eigenvalue weighted by atomic mass is 35.5. The van der Waals surface area contributed by atoms with E-state index < -0.39 is 5.82 Å². The molecule has 2 aromatic rings. The third-order valence-electron chi connectivity index (χ3n) is 2.71. The molecule has 0 fully saturated rings. The normalized spacial score (nSPS) is 13.1. The van der Waals surface area contributed by atoms with Gasteiger partial charge in [0.05, 0.1) is 28.7 Å². The van der Waals surface area contributed by atoms with Crippen LogP contribution >= 0.6 is 11.6 Å². The number of nitrogens with two attached hydrogens (primary N) is 1. The van der Waals surface area contributed by atoms with Crippen LogP contribution in [0.5, 0.6) is 0 Å². The molecule has 6 heteroatoms. The summed E-state index contributed by atoms with van der Waals surface area (Å²) in [5, 5.41) is 0.0627. The van der Waals surface area contributed by atoms with Crippen molar-refractivity contribution < 1.29 is 9.13 Å². The van der Waals surface area contributed by atoms with Crippen LogP contribution in [0.15, 0.2) is 12.1 Å². The first-order chi connectivity index (χ1) is 8.52. The number of rotatable bonds is 4. The number of aromatic nitrogens is 2. The van der Waals surface area contributed by atoms with E-state index in [1.165, 1.54) is 12.1 Å². The van der Waals surface area contributed by atoms with Gasteiger partial charge in [-0.2, -0.15) is 0 Å². The van der Waals surface area contributed by atoms with Gasteiger partial charge in [0.25, 0.3) is 0 Å². The Balaban J connectivity index is 2.43. The number of imidazole rings is 1. The van der Waals surface area contributed by atoms with Crippen LogP contribution in [-0.4, -0.2) is 22.3 Å². The first-order valence-electron chi connectivity index (χ1n) is 5.75. The molecule has 1 aromatic carbocycles. The van der Waals surface area contributed by atoms with Crippen molar-refractivity contribution in [3.05, 3.63) is 23.0 Å². The number of ether oxygens (including phenoxy) is 1. The highest BCUT2D eigenvalue weighted by molar-refractivity contribution is 6.31. The zero-order chi connectivity index (χ0) is 13.3. The third-order valence-corrected chi connectivity index (χ3v) is 3.00. The van der Waals surface area contributed by atoms with Gasteiger partial charge in [-0.05, 0) is 19.9 Å². The summed E-state index contributed by atoms with van der Waals surface area (Å²) in [4.78, 5) is 4.11. The number of hydrogen-bond donors (Lipinski definition) is 1. The lowest BCUT2D eigenvalue weighted by Gasteiger charge is -2.14. The molecule has 1 aromatic heterocycles. The summed E-state index contributed by atoms with van der Waals surface area (Å²) >= 11 is 5.78. The van der Waals surface area contributed by atoms with Gasteiger partial charge in [0.2, 0.25) is 5.95 Å². The fourth-order valence-electron chi connectivity index (χ4n) is 1.92. The van der Waals surface area contributed by atoms with E-state index in [0.29, 0.717) is 30.1 Å². The average Bonchev–Trinajstić information content (AvgIpc) is 2.57. The van der Waals surface area contributed by atoms with Crippen LogP contribution < -0.4 is 5.73 Å². The van der Waals surface area contributed by atoms with Crippen LogP contribution in [0.3, 0.4) is 0 Å². The van der Waals surface area contributed by atoms with Gasteiger partial charge in [0.1, 0.15) is 5.82 Å². The van der Waals surface area contributed by atoms with Gasteiger partial charge in [-0.1, -0.05) is 11.6 Å². The van der Waals surface area contributed by atoms with Crippen molar-refractivity contribution in [2.45, 2.75) is 26.5 Å². The Labute approximate surface area is 109 Å². The average molecular weight is 272 g/mol. The van der Waals surface area contributed by atoms with E-state index >= 15 is 0 Å². The van der Waals surface area contributed by atoms with Crippen molar-refractivity contribution in [1.29, 1.82) is 0 Å². The summed E-state index contributed by atoms with van der Waals surface area (Å²) in [5.74, 6) is -0.162. The Hall–Kier alpha value is -1.33. The van der Waals surface area contributed by atoms with E-state index in [9.17, 15) is 4.39 Å². The molecule has 0 saturated heterocycles. The van der Waals surface area contributed by atoms with Crippen molar-refractivity contribution >= 4 is 28.6 Å². The summed E-state index contributed by atoms with van der Waals surface area (Å²) < 4.78 is 20.6. The predicted molar refractivity (Wildman–Crippen MR) is 70.2 cm³/mol. The summed E-state index contributed by atoms with van der Waals surface area (Å²) in [7, 11) is 0. The molecule has 2 rings (SSSR count). The van der Waals surface area contributed by atoms with Crippen molar-refractivity contribution in [2.24, 2.45) is 0 Å². The van der Waals surface area contributed by atoms with E-state index in [4.69, 9.17) is 22.1 Å². The van der Waals surface area contributed by atoms with Gasteiger partial charge in [-0.3, -0.25) is 0 Å². The number of hydrogen-bond acceptors (Lipinski definition) is 3. The van der Waals surface area contributed by atoms with Crippen LogP contribution in [-0.2, 0) is 11.3 Å². The molecule has 0 saturated carbocycles. The Kier molecular flexibility index (Phi) is 3.73. The Morgan fingerprint density at radius 3 is 2.94 bits per heavy atom. The van der Waals surface area contributed by atoms with E-state index in [2.05, 4.69) is 4.98 Å². The molecule has 2 N–H and O–H groups in total. The first kappa shape index (κ1) is 13.1. The van der Waals surface area contributed by atoms with Crippen LogP contribution in [0.1, 0.15) is 13.8 Å².